The van der Waals surface area contributed by atoms with E-state index in [-0.39, 0.29) is 0 Å². The van der Waals surface area contributed by atoms with Gasteiger partial charge < -0.3 is 4.52 Å². The molecule has 0 atom stereocenters. The molecular formula is C6H2Cl2F2NO4P. The standard InChI is InChI=1S/C6H2Cl2F2NO4P/c7-16(8,14)15-3-1-4(9)6(11(12)13)5(10)2-3/h1-2H. The van der Waals surface area contributed by atoms with Gasteiger partial charge in [-0.1, -0.05) is 0 Å². The molecule has 0 saturated heterocycles. The van der Waals surface area contributed by atoms with E-state index >= 15 is 0 Å². The van der Waals surface area contributed by atoms with Crippen molar-refractivity contribution in [3.05, 3.63) is 33.9 Å². The van der Waals surface area contributed by atoms with Crippen molar-refractivity contribution in [2.45, 2.75) is 0 Å². The van der Waals surface area contributed by atoms with Crippen LogP contribution in [0.5, 0.6) is 5.75 Å². The first kappa shape index (κ1) is 13.2. The highest BCUT2D eigenvalue weighted by Crippen LogP contribution is 2.57. The first-order valence-electron chi connectivity index (χ1n) is 3.53. The maximum atomic E-state index is 13.0. The van der Waals surface area contributed by atoms with Gasteiger partial charge in [-0.2, -0.15) is 8.78 Å². The Bertz CT molecular complexity index is 468. The van der Waals surface area contributed by atoms with Crippen molar-refractivity contribution in [2.75, 3.05) is 0 Å². The molecule has 1 aromatic carbocycles. The predicted octanol–water partition coefficient (Wildman–Crippen LogP) is 3.84. The van der Waals surface area contributed by atoms with Gasteiger partial charge in [-0.05, 0) is 0 Å². The minimum atomic E-state index is -4.02. The highest BCUT2D eigenvalue weighted by atomic mass is 35.9. The van der Waals surface area contributed by atoms with Gasteiger partial charge >= 0.3 is 11.8 Å². The van der Waals surface area contributed by atoms with Gasteiger partial charge in [0.05, 0.1) is 4.92 Å². The fourth-order valence-electron chi connectivity index (χ4n) is 0.892. The molecule has 0 N–H and O–H groups in total. The fourth-order valence-corrected chi connectivity index (χ4v) is 1.72. The van der Waals surface area contributed by atoms with Crippen LogP contribution in [0.1, 0.15) is 0 Å². The third-order valence-electron chi connectivity index (χ3n) is 1.38. The number of hydrogen-bond acceptors (Lipinski definition) is 4. The van der Waals surface area contributed by atoms with Crippen molar-refractivity contribution < 1.29 is 22.8 Å². The molecular weight excluding hydrogens is 290 g/mol. The third-order valence-corrected chi connectivity index (χ3v) is 2.22. The van der Waals surface area contributed by atoms with Crippen LogP contribution in [0.15, 0.2) is 12.1 Å². The molecule has 0 radical (unpaired) electrons. The Kier molecular flexibility index (Phi) is 3.72. The first-order chi connectivity index (χ1) is 7.20. The Morgan fingerprint density at radius 2 is 1.75 bits per heavy atom. The van der Waals surface area contributed by atoms with Gasteiger partial charge in [-0.15, -0.1) is 0 Å². The minimum absolute atomic E-state index is 0.457. The molecule has 0 fully saturated rings. The Labute approximate surface area is 97.1 Å². The Morgan fingerprint density at radius 1 is 1.31 bits per heavy atom. The molecule has 10 heteroatoms. The summed E-state index contributed by atoms with van der Waals surface area (Å²) in [4.78, 5) is 8.98. The zero-order chi connectivity index (χ0) is 12.5. The monoisotopic (exact) mass is 291 g/mol. The number of nitro groups is 1. The van der Waals surface area contributed by atoms with E-state index in [0.717, 1.165) is 0 Å². The molecule has 0 aliphatic rings. The average Bonchev–Trinajstić information content (AvgIpc) is 1.96. The van der Waals surface area contributed by atoms with Gasteiger partial charge in [0.25, 0.3) is 0 Å². The first-order valence-corrected chi connectivity index (χ1v) is 6.96. The molecule has 1 aromatic rings. The van der Waals surface area contributed by atoms with E-state index in [1.165, 1.54) is 0 Å². The van der Waals surface area contributed by atoms with Crippen LogP contribution in [0, 0.1) is 21.7 Å². The Hall–Kier alpha value is -0.910. The van der Waals surface area contributed by atoms with Crippen molar-refractivity contribution >= 4 is 34.2 Å². The highest BCUT2D eigenvalue weighted by Gasteiger charge is 2.25. The molecule has 0 heterocycles. The van der Waals surface area contributed by atoms with Gasteiger partial charge in [-0.3, -0.25) is 10.1 Å². The Morgan fingerprint density at radius 3 is 2.06 bits per heavy atom. The number of nitro benzene ring substituents is 1. The van der Waals surface area contributed by atoms with Crippen molar-refractivity contribution in [1.82, 2.24) is 0 Å². The Balaban J connectivity index is 3.20. The van der Waals surface area contributed by atoms with Crippen LogP contribution in [-0.2, 0) is 4.57 Å². The van der Waals surface area contributed by atoms with Crippen molar-refractivity contribution in [1.29, 1.82) is 0 Å². The summed E-state index contributed by atoms with van der Waals surface area (Å²) in [6.45, 7) is 0. The van der Waals surface area contributed by atoms with E-state index in [9.17, 15) is 23.5 Å². The van der Waals surface area contributed by atoms with E-state index in [2.05, 4.69) is 4.52 Å². The molecule has 0 aliphatic carbocycles. The predicted molar refractivity (Wildman–Crippen MR) is 53.0 cm³/mol. The minimum Gasteiger partial charge on any atom is -0.422 e. The van der Waals surface area contributed by atoms with Crippen LogP contribution in [0.4, 0.5) is 14.5 Å². The second-order valence-electron chi connectivity index (χ2n) is 2.50. The fraction of sp³-hybridized carbons (Fsp3) is 0. The quantitative estimate of drug-likeness (QED) is 0.482. The molecule has 0 saturated carbocycles. The van der Waals surface area contributed by atoms with Crippen LogP contribution in [-0.4, -0.2) is 4.92 Å². The van der Waals surface area contributed by atoms with Gasteiger partial charge in [0.1, 0.15) is 5.75 Å². The zero-order valence-corrected chi connectivity index (χ0v) is 9.60. The second-order valence-corrected chi connectivity index (χ2v) is 6.70. The summed E-state index contributed by atoms with van der Waals surface area (Å²) < 4.78 is 41.0. The van der Waals surface area contributed by atoms with Crippen LogP contribution >= 0.6 is 28.6 Å². The van der Waals surface area contributed by atoms with Crippen molar-refractivity contribution in [2.24, 2.45) is 0 Å². The number of rotatable bonds is 3. The van der Waals surface area contributed by atoms with Crippen LogP contribution in [0.3, 0.4) is 0 Å². The molecule has 0 unspecified atom stereocenters. The van der Waals surface area contributed by atoms with Crippen LogP contribution in [0.25, 0.3) is 0 Å². The molecule has 88 valence electrons. The van der Waals surface area contributed by atoms with Gasteiger partial charge in [0, 0.05) is 34.6 Å². The molecule has 0 aromatic heterocycles. The van der Waals surface area contributed by atoms with Crippen LogP contribution in [0.2, 0.25) is 0 Å². The lowest BCUT2D eigenvalue weighted by Gasteiger charge is -2.06. The SMILES string of the molecule is O=[N+]([O-])c1c(F)cc(OP(=O)(Cl)Cl)cc1F. The average molecular weight is 292 g/mol. The molecule has 16 heavy (non-hydrogen) atoms. The summed E-state index contributed by atoms with van der Waals surface area (Å²) in [5.41, 5.74) is -1.34. The van der Waals surface area contributed by atoms with E-state index < -0.39 is 34.1 Å². The van der Waals surface area contributed by atoms with Crippen molar-refractivity contribution in [3.8, 4) is 5.75 Å². The van der Waals surface area contributed by atoms with E-state index in [1.54, 1.807) is 0 Å². The summed E-state index contributed by atoms with van der Waals surface area (Å²) in [5, 5.41) is 10.2. The third kappa shape index (κ3) is 3.30. The second kappa shape index (κ2) is 4.53. The van der Waals surface area contributed by atoms with Gasteiger partial charge in [-0.25, -0.2) is 4.57 Å². The number of benzene rings is 1. The lowest BCUT2D eigenvalue weighted by atomic mass is 10.3. The topological polar surface area (TPSA) is 69.4 Å². The summed E-state index contributed by atoms with van der Waals surface area (Å²) in [7, 11) is 0. The molecule has 0 amide bonds. The number of halogens is 4. The molecule has 0 aliphatic heterocycles. The largest absolute Gasteiger partial charge is 0.428 e. The molecule has 0 bridgehead atoms. The maximum absolute atomic E-state index is 13.0. The highest BCUT2D eigenvalue weighted by molar-refractivity contribution is 8.05. The molecule has 1 rings (SSSR count). The number of hydrogen-bond donors (Lipinski definition) is 0. The lowest BCUT2D eigenvalue weighted by Crippen LogP contribution is -1.97. The summed E-state index contributed by atoms with van der Waals surface area (Å²) >= 11 is 9.99. The van der Waals surface area contributed by atoms with Gasteiger partial charge in [0.2, 0.25) is 11.6 Å². The van der Waals surface area contributed by atoms with E-state index in [0.29, 0.717) is 12.1 Å². The maximum Gasteiger partial charge on any atom is 0.428 e. The molecule has 0 spiro atoms. The lowest BCUT2D eigenvalue weighted by molar-refractivity contribution is -0.390. The summed E-state index contributed by atoms with van der Waals surface area (Å²) in [6.07, 6.45) is -4.02. The van der Waals surface area contributed by atoms with Crippen molar-refractivity contribution in [3.63, 3.8) is 0 Å². The number of nitrogens with zero attached hydrogens (tertiary/aromatic N) is 1. The summed E-state index contributed by atoms with van der Waals surface area (Å²) in [6, 6.07) is 0.914. The smallest absolute Gasteiger partial charge is 0.422 e. The summed E-state index contributed by atoms with van der Waals surface area (Å²) in [5.74, 6) is -3.57. The van der Waals surface area contributed by atoms with Crippen LogP contribution < -0.4 is 4.52 Å². The van der Waals surface area contributed by atoms with E-state index in [1.807, 2.05) is 0 Å². The normalized spacial score (nSPS) is 11.2. The van der Waals surface area contributed by atoms with E-state index in [4.69, 9.17) is 22.5 Å². The zero-order valence-electron chi connectivity index (χ0n) is 7.19. The van der Waals surface area contributed by atoms with Gasteiger partial charge in [0.15, 0.2) is 0 Å². The molecule has 5 nitrogen and oxygen atoms in total.